The standard InChI is InChI=1S/C18H26N6O/c1-13-14(2)23-10-9-22(11-17(23)20-13)12-18(25)21-16-7-8-19-24(16)15-5-3-4-6-15/h7-8,15H,3-6,9-12H2,1-2H3,(H,21,25). The van der Waals surface area contributed by atoms with Crippen molar-refractivity contribution in [1.82, 2.24) is 24.2 Å². The van der Waals surface area contributed by atoms with Crippen molar-refractivity contribution >= 4 is 11.7 Å². The molecule has 4 rings (SSSR count). The van der Waals surface area contributed by atoms with Crippen LogP contribution in [0, 0.1) is 13.8 Å². The van der Waals surface area contributed by atoms with E-state index in [1.165, 1.54) is 18.5 Å². The molecule has 1 aliphatic carbocycles. The molecule has 0 saturated heterocycles. The fourth-order valence-corrected chi connectivity index (χ4v) is 4.04. The summed E-state index contributed by atoms with van der Waals surface area (Å²) in [5, 5.41) is 7.46. The summed E-state index contributed by atoms with van der Waals surface area (Å²) in [6, 6.07) is 2.32. The summed E-state index contributed by atoms with van der Waals surface area (Å²) in [6.45, 7) is 7.04. The van der Waals surface area contributed by atoms with Gasteiger partial charge >= 0.3 is 0 Å². The Hall–Kier alpha value is -2.15. The number of imidazole rings is 1. The van der Waals surface area contributed by atoms with Gasteiger partial charge in [-0.3, -0.25) is 9.69 Å². The molecule has 25 heavy (non-hydrogen) atoms. The molecule has 7 heteroatoms. The van der Waals surface area contributed by atoms with Gasteiger partial charge in [0, 0.05) is 24.8 Å². The Bertz CT molecular complexity index is 771. The van der Waals surface area contributed by atoms with E-state index in [-0.39, 0.29) is 5.91 Å². The molecule has 0 radical (unpaired) electrons. The maximum Gasteiger partial charge on any atom is 0.239 e. The Morgan fingerprint density at radius 1 is 1.28 bits per heavy atom. The van der Waals surface area contributed by atoms with Gasteiger partial charge in [-0.25, -0.2) is 9.67 Å². The average Bonchev–Trinajstić information content (AvgIpc) is 3.29. The van der Waals surface area contributed by atoms with Crippen LogP contribution in [0.5, 0.6) is 0 Å². The third-order valence-corrected chi connectivity index (χ3v) is 5.52. The quantitative estimate of drug-likeness (QED) is 0.925. The van der Waals surface area contributed by atoms with Crippen LogP contribution in [-0.4, -0.2) is 43.2 Å². The molecule has 134 valence electrons. The Kier molecular flexibility index (Phi) is 4.33. The zero-order chi connectivity index (χ0) is 17.4. The van der Waals surface area contributed by atoms with Gasteiger partial charge in [0.05, 0.1) is 31.0 Å². The molecule has 7 nitrogen and oxygen atoms in total. The lowest BCUT2D eigenvalue weighted by molar-refractivity contribution is -0.117. The van der Waals surface area contributed by atoms with Crippen LogP contribution in [-0.2, 0) is 17.9 Å². The van der Waals surface area contributed by atoms with Crippen molar-refractivity contribution in [3.05, 3.63) is 29.5 Å². The van der Waals surface area contributed by atoms with Crippen molar-refractivity contribution in [3.63, 3.8) is 0 Å². The lowest BCUT2D eigenvalue weighted by Crippen LogP contribution is -2.39. The number of anilines is 1. The number of hydrogen-bond donors (Lipinski definition) is 1. The van der Waals surface area contributed by atoms with Gasteiger partial charge in [-0.15, -0.1) is 0 Å². The van der Waals surface area contributed by atoms with E-state index in [9.17, 15) is 4.79 Å². The average molecular weight is 342 g/mol. The molecule has 2 aliphatic rings. The van der Waals surface area contributed by atoms with Crippen molar-refractivity contribution < 1.29 is 4.79 Å². The highest BCUT2D eigenvalue weighted by molar-refractivity contribution is 5.91. The number of nitrogens with zero attached hydrogens (tertiary/aromatic N) is 5. The number of rotatable bonds is 4. The number of fused-ring (bicyclic) bond motifs is 1. The molecule has 3 heterocycles. The van der Waals surface area contributed by atoms with E-state index in [2.05, 4.69) is 31.8 Å². The summed E-state index contributed by atoms with van der Waals surface area (Å²) >= 11 is 0. The number of aryl methyl sites for hydroxylation is 1. The zero-order valence-electron chi connectivity index (χ0n) is 15.0. The summed E-state index contributed by atoms with van der Waals surface area (Å²) in [5.41, 5.74) is 2.32. The molecule has 2 aromatic rings. The van der Waals surface area contributed by atoms with E-state index in [0.29, 0.717) is 12.6 Å². The van der Waals surface area contributed by atoms with Crippen LogP contribution >= 0.6 is 0 Å². The highest BCUT2D eigenvalue weighted by Crippen LogP contribution is 2.31. The van der Waals surface area contributed by atoms with Crippen LogP contribution in [0.25, 0.3) is 0 Å². The summed E-state index contributed by atoms with van der Waals surface area (Å²) in [4.78, 5) is 19.3. The van der Waals surface area contributed by atoms with E-state index in [4.69, 9.17) is 0 Å². The fraction of sp³-hybridized carbons (Fsp3) is 0.611. The van der Waals surface area contributed by atoms with E-state index in [0.717, 1.165) is 49.8 Å². The summed E-state index contributed by atoms with van der Waals surface area (Å²) in [5.74, 6) is 1.90. The second-order valence-electron chi connectivity index (χ2n) is 7.21. The van der Waals surface area contributed by atoms with Gasteiger partial charge in [-0.2, -0.15) is 5.10 Å². The van der Waals surface area contributed by atoms with Crippen LogP contribution in [0.3, 0.4) is 0 Å². The second kappa shape index (κ2) is 6.63. The predicted octanol–water partition coefficient (Wildman–Crippen LogP) is 2.27. The number of nitrogens with one attached hydrogen (secondary N) is 1. The molecular weight excluding hydrogens is 316 g/mol. The number of amides is 1. The first kappa shape index (κ1) is 16.3. The maximum atomic E-state index is 12.5. The van der Waals surface area contributed by atoms with E-state index in [1.54, 1.807) is 6.20 Å². The van der Waals surface area contributed by atoms with Crippen LogP contribution < -0.4 is 5.32 Å². The van der Waals surface area contributed by atoms with Gasteiger partial charge < -0.3 is 9.88 Å². The monoisotopic (exact) mass is 342 g/mol. The van der Waals surface area contributed by atoms with E-state index in [1.807, 2.05) is 17.7 Å². The molecule has 1 fully saturated rings. The number of aromatic nitrogens is 4. The fourth-order valence-electron chi connectivity index (χ4n) is 4.04. The topological polar surface area (TPSA) is 68.0 Å². The molecule has 1 saturated carbocycles. The van der Waals surface area contributed by atoms with E-state index < -0.39 is 0 Å². The van der Waals surface area contributed by atoms with Crippen molar-refractivity contribution in [3.8, 4) is 0 Å². The molecule has 0 atom stereocenters. The first-order valence-electron chi connectivity index (χ1n) is 9.20. The Morgan fingerprint density at radius 3 is 2.88 bits per heavy atom. The minimum Gasteiger partial charge on any atom is -0.330 e. The van der Waals surface area contributed by atoms with Crippen LogP contribution in [0.2, 0.25) is 0 Å². The number of carbonyl (C=O) groups excluding carboxylic acids is 1. The third kappa shape index (κ3) is 3.20. The molecule has 1 amide bonds. The maximum absolute atomic E-state index is 12.5. The van der Waals surface area contributed by atoms with Gasteiger partial charge in [0.15, 0.2) is 0 Å². The molecule has 1 N–H and O–H groups in total. The highest BCUT2D eigenvalue weighted by atomic mass is 16.2. The first-order valence-corrected chi connectivity index (χ1v) is 9.20. The van der Waals surface area contributed by atoms with Crippen molar-refractivity contribution in [1.29, 1.82) is 0 Å². The van der Waals surface area contributed by atoms with Gasteiger partial charge in [-0.1, -0.05) is 12.8 Å². The second-order valence-corrected chi connectivity index (χ2v) is 7.21. The molecule has 0 spiro atoms. The third-order valence-electron chi connectivity index (χ3n) is 5.52. The summed E-state index contributed by atoms with van der Waals surface area (Å²) < 4.78 is 4.25. The van der Waals surface area contributed by atoms with Crippen LogP contribution in [0.4, 0.5) is 5.82 Å². The summed E-state index contributed by atoms with van der Waals surface area (Å²) in [6.07, 6.45) is 6.57. The van der Waals surface area contributed by atoms with Gasteiger partial charge in [0.1, 0.15) is 11.6 Å². The lowest BCUT2D eigenvalue weighted by atomic mass is 10.2. The van der Waals surface area contributed by atoms with Crippen molar-refractivity contribution in [2.45, 2.75) is 58.7 Å². The smallest absolute Gasteiger partial charge is 0.239 e. The highest BCUT2D eigenvalue weighted by Gasteiger charge is 2.23. The SMILES string of the molecule is Cc1nc2n(c1C)CCN(CC(=O)Nc1ccnn1C1CCCC1)C2. The van der Waals surface area contributed by atoms with Crippen molar-refractivity contribution in [2.24, 2.45) is 0 Å². The Balaban J connectivity index is 1.38. The number of carbonyl (C=O) groups is 1. The normalized spacial score (nSPS) is 18.5. The van der Waals surface area contributed by atoms with Gasteiger partial charge in [0.25, 0.3) is 0 Å². The summed E-state index contributed by atoms with van der Waals surface area (Å²) in [7, 11) is 0. The van der Waals surface area contributed by atoms with Crippen LogP contribution in [0.15, 0.2) is 12.3 Å². The molecule has 0 bridgehead atoms. The Morgan fingerprint density at radius 2 is 2.08 bits per heavy atom. The minimum absolute atomic E-state index is 0.0215. The Labute approximate surface area is 148 Å². The lowest BCUT2D eigenvalue weighted by Gasteiger charge is -2.27. The largest absolute Gasteiger partial charge is 0.330 e. The van der Waals surface area contributed by atoms with E-state index >= 15 is 0 Å². The molecular formula is C18H26N6O. The molecule has 1 aliphatic heterocycles. The molecule has 0 unspecified atom stereocenters. The zero-order valence-corrected chi connectivity index (χ0v) is 15.0. The predicted molar refractivity (Wildman–Crippen MR) is 95.3 cm³/mol. The minimum atomic E-state index is 0.0215. The van der Waals surface area contributed by atoms with Gasteiger partial charge in [-0.05, 0) is 26.7 Å². The molecule has 2 aromatic heterocycles. The molecule has 0 aromatic carbocycles. The number of hydrogen-bond acceptors (Lipinski definition) is 4. The van der Waals surface area contributed by atoms with Crippen molar-refractivity contribution in [2.75, 3.05) is 18.4 Å². The van der Waals surface area contributed by atoms with Crippen LogP contribution in [0.1, 0.15) is 48.9 Å². The van der Waals surface area contributed by atoms with Gasteiger partial charge in [0.2, 0.25) is 5.91 Å². The first-order chi connectivity index (χ1) is 12.1.